The summed E-state index contributed by atoms with van der Waals surface area (Å²) in [4.78, 5) is 38.0. The third-order valence-corrected chi connectivity index (χ3v) is 6.11. The summed E-state index contributed by atoms with van der Waals surface area (Å²) in [5.74, 6) is -0.647. The molecule has 4 rings (SSSR count). The van der Waals surface area contributed by atoms with Gasteiger partial charge in [-0.2, -0.15) is 0 Å². The number of nitrogens with one attached hydrogen (secondary N) is 1. The normalized spacial score (nSPS) is 15.4. The maximum atomic E-state index is 12.8. The number of para-hydroxylation sites is 2. The van der Waals surface area contributed by atoms with Crippen LogP contribution in [0.15, 0.2) is 78.9 Å². The summed E-state index contributed by atoms with van der Waals surface area (Å²) in [5.41, 5.74) is 1.70. The molecule has 1 aliphatic rings. The third-order valence-electron chi connectivity index (χ3n) is 5.09. The molecule has 1 aliphatic heterocycles. The lowest BCUT2D eigenvalue weighted by atomic mass is 10.1. The number of urea groups is 1. The van der Waals surface area contributed by atoms with E-state index in [-0.39, 0.29) is 36.3 Å². The van der Waals surface area contributed by atoms with Crippen molar-refractivity contribution in [1.82, 2.24) is 10.2 Å². The van der Waals surface area contributed by atoms with Crippen molar-refractivity contribution in [2.24, 2.45) is 0 Å². The second-order valence-corrected chi connectivity index (χ2v) is 8.56. The molecule has 1 saturated heterocycles. The number of carbonyl (C=O) groups is 3. The van der Waals surface area contributed by atoms with Gasteiger partial charge in [-0.1, -0.05) is 54.6 Å². The molecule has 3 aromatic rings. The number of amides is 3. The molecule has 9 heteroatoms. The van der Waals surface area contributed by atoms with Crippen molar-refractivity contribution in [2.45, 2.75) is 25.6 Å². The van der Waals surface area contributed by atoms with Gasteiger partial charge in [-0.25, -0.2) is 9.10 Å². The molecule has 1 fully saturated rings. The average Bonchev–Trinajstić information content (AvgIpc) is 3.12. The van der Waals surface area contributed by atoms with Crippen molar-refractivity contribution in [2.75, 3.05) is 4.31 Å². The van der Waals surface area contributed by atoms with Gasteiger partial charge in [0.25, 0.3) is 5.91 Å². The molecular formula is C25H23N3O5S. The molecule has 3 aromatic carbocycles. The lowest BCUT2D eigenvalue weighted by Crippen LogP contribution is -2.34. The van der Waals surface area contributed by atoms with Crippen LogP contribution >= 0.6 is 11.9 Å². The quantitative estimate of drug-likeness (QED) is 0.304. The van der Waals surface area contributed by atoms with Crippen LogP contribution in [0, 0.1) is 0 Å². The predicted octanol–water partition coefficient (Wildman–Crippen LogP) is 3.91. The van der Waals surface area contributed by atoms with Crippen LogP contribution in [0.2, 0.25) is 0 Å². The molecule has 2 N–H and O–H groups in total. The molecule has 1 heterocycles. The Morgan fingerprint density at radius 2 is 1.62 bits per heavy atom. The SMILES string of the molecule is CC(=O)Oc1ccccc1C(=O)NCc1ccc(CN2C(=O)N(c3ccccc3)SC2O)cc1. The smallest absolute Gasteiger partial charge is 0.337 e. The van der Waals surface area contributed by atoms with E-state index in [4.69, 9.17) is 4.74 Å². The lowest BCUT2D eigenvalue weighted by Gasteiger charge is -2.18. The number of carbonyl (C=O) groups excluding carboxylic acids is 3. The maximum absolute atomic E-state index is 12.8. The van der Waals surface area contributed by atoms with Crippen LogP contribution in [0.4, 0.5) is 10.5 Å². The number of esters is 1. The Kier molecular flexibility index (Phi) is 7.15. The number of ether oxygens (including phenoxy) is 1. The first kappa shape index (κ1) is 23.3. The summed E-state index contributed by atoms with van der Waals surface area (Å²) in [5, 5.41) is 13.2. The van der Waals surface area contributed by atoms with Crippen LogP contribution in [0.5, 0.6) is 5.75 Å². The minimum absolute atomic E-state index is 0.208. The minimum atomic E-state index is -0.982. The summed E-state index contributed by atoms with van der Waals surface area (Å²) < 4.78 is 6.57. The minimum Gasteiger partial charge on any atom is -0.426 e. The third kappa shape index (κ3) is 5.38. The molecule has 0 saturated carbocycles. The van der Waals surface area contributed by atoms with Crippen LogP contribution in [0.25, 0.3) is 0 Å². The van der Waals surface area contributed by atoms with Crippen LogP contribution in [0.3, 0.4) is 0 Å². The molecule has 1 unspecified atom stereocenters. The van der Waals surface area contributed by atoms with Crippen molar-refractivity contribution < 1.29 is 24.2 Å². The highest BCUT2D eigenvalue weighted by Crippen LogP contribution is 2.35. The van der Waals surface area contributed by atoms with Crippen LogP contribution < -0.4 is 14.4 Å². The topological polar surface area (TPSA) is 99.2 Å². The molecule has 34 heavy (non-hydrogen) atoms. The first-order valence-corrected chi connectivity index (χ1v) is 11.4. The van der Waals surface area contributed by atoms with Gasteiger partial charge >= 0.3 is 12.0 Å². The molecule has 0 aromatic heterocycles. The number of benzene rings is 3. The lowest BCUT2D eigenvalue weighted by molar-refractivity contribution is -0.131. The van der Waals surface area contributed by atoms with Crippen LogP contribution in [-0.4, -0.2) is 33.5 Å². The van der Waals surface area contributed by atoms with E-state index in [0.29, 0.717) is 5.69 Å². The van der Waals surface area contributed by atoms with Crippen LogP contribution in [-0.2, 0) is 17.9 Å². The number of hydrogen-bond donors (Lipinski definition) is 2. The zero-order valence-corrected chi connectivity index (χ0v) is 19.2. The van der Waals surface area contributed by atoms with Crippen molar-refractivity contribution in [1.29, 1.82) is 0 Å². The second kappa shape index (κ2) is 10.4. The molecule has 8 nitrogen and oxygen atoms in total. The van der Waals surface area contributed by atoms with Gasteiger partial charge < -0.3 is 15.2 Å². The monoisotopic (exact) mass is 477 g/mol. The van der Waals surface area contributed by atoms with Crippen molar-refractivity contribution in [3.8, 4) is 5.75 Å². The molecule has 0 spiro atoms. The Morgan fingerprint density at radius 3 is 2.32 bits per heavy atom. The number of anilines is 1. The van der Waals surface area contributed by atoms with E-state index in [1.807, 2.05) is 54.6 Å². The summed E-state index contributed by atoms with van der Waals surface area (Å²) in [6, 6.07) is 22.8. The highest BCUT2D eigenvalue weighted by molar-refractivity contribution is 8.02. The van der Waals surface area contributed by atoms with E-state index in [9.17, 15) is 19.5 Å². The highest BCUT2D eigenvalue weighted by atomic mass is 32.2. The fourth-order valence-electron chi connectivity index (χ4n) is 3.42. The van der Waals surface area contributed by atoms with Gasteiger partial charge in [0.05, 0.1) is 17.8 Å². The molecule has 174 valence electrons. The zero-order valence-electron chi connectivity index (χ0n) is 18.4. The zero-order chi connectivity index (χ0) is 24.1. The van der Waals surface area contributed by atoms with E-state index in [1.165, 1.54) is 16.1 Å². The number of rotatable bonds is 7. The van der Waals surface area contributed by atoms with E-state index in [0.717, 1.165) is 23.1 Å². The average molecular weight is 478 g/mol. The van der Waals surface area contributed by atoms with E-state index in [2.05, 4.69) is 5.32 Å². The maximum Gasteiger partial charge on any atom is 0.337 e. The largest absolute Gasteiger partial charge is 0.426 e. The fraction of sp³-hybridized carbons (Fsp3) is 0.160. The Morgan fingerprint density at radius 1 is 0.971 bits per heavy atom. The Balaban J connectivity index is 1.35. The summed E-state index contributed by atoms with van der Waals surface area (Å²) in [7, 11) is 0. The molecular weight excluding hydrogens is 454 g/mol. The van der Waals surface area contributed by atoms with Gasteiger partial charge in [-0.15, -0.1) is 0 Å². The Labute approximate surface area is 201 Å². The molecule has 0 bridgehead atoms. The fourth-order valence-corrected chi connectivity index (χ4v) is 4.33. The Hall–Kier alpha value is -3.82. The summed E-state index contributed by atoms with van der Waals surface area (Å²) in [6.07, 6.45) is 0. The van der Waals surface area contributed by atoms with E-state index < -0.39 is 11.5 Å². The summed E-state index contributed by atoms with van der Waals surface area (Å²) >= 11 is 1.06. The number of aliphatic hydroxyl groups excluding tert-OH is 1. The standard InChI is InChI=1S/C25H23N3O5S/c1-17(29)33-22-10-6-5-9-21(22)23(30)26-15-18-11-13-19(14-12-18)16-27-24(31)28(34-25(27)32)20-7-3-2-4-8-20/h2-14,25,32H,15-16H2,1H3,(H,26,30). The van der Waals surface area contributed by atoms with Gasteiger partial charge in [0, 0.05) is 25.4 Å². The van der Waals surface area contributed by atoms with Gasteiger partial charge in [-0.3, -0.25) is 14.5 Å². The Bertz CT molecular complexity index is 1190. The van der Waals surface area contributed by atoms with Gasteiger partial charge in [-0.05, 0) is 35.4 Å². The molecule has 0 aliphatic carbocycles. The summed E-state index contributed by atoms with van der Waals surface area (Å²) in [6.45, 7) is 1.80. The molecule has 0 radical (unpaired) electrons. The number of nitrogens with zero attached hydrogens (tertiary/aromatic N) is 2. The predicted molar refractivity (Wildman–Crippen MR) is 129 cm³/mol. The van der Waals surface area contributed by atoms with E-state index in [1.54, 1.807) is 24.3 Å². The molecule has 3 amide bonds. The first-order valence-electron chi connectivity index (χ1n) is 10.6. The number of hydrogen-bond acceptors (Lipinski definition) is 6. The van der Waals surface area contributed by atoms with Crippen LogP contribution in [0.1, 0.15) is 28.4 Å². The van der Waals surface area contributed by atoms with Gasteiger partial charge in [0.2, 0.25) is 0 Å². The van der Waals surface area contributed by atoms with E-state index >= 15 is 0 Å². The van der Waals surface area contributed by atoms with Crippen molar-refractivity contribution >= 4 is 35.5 Å². The first-order chi connectivity index (χ1) is 16.4. The van der Waals surface area contributed by atoms with Crippen molar-refractivity contribution in [3.05, 3.63) is 95.6 Å². The highest BCUT2D eigenvalue weighted by Gasteiger charge is 2.38. The molecule has 1 atom stereocenters. The van der Waals surface area contributed by atoms with Gasteiger partial charge in [0.1, 0.15) is 5.75 Å². The number of aliphatic hydroxyl groups is 1. The van der Waals surface area contributed by atoms with Crippen molar-refractivity contribution in [3.63, 3.8) is 0 Å². The second-order valence-electron chi connectivity index (χ2n) is 7.56. The van der Waals surface area contributed by atoms with Gasteiger partial charge in [0.15, 0.2) is 5.56 Å².